The van der Waals surface area contributed by atoms with E-state index in [0.717, 1.165) is 18.4 Å². The summed E-state index contributed by atoms with van der Waals surface area (Å²) in [7, 11) is 0. The molecule has 140 valence electrons. The van der Waals surface area contributed by atoms with Crippen molar-refractivity contribution >= 4 is 29.6 Å². The Labute approximate surface area is 160 Å². The van der Waals surface area contributed by atoms with E-state index in [9.17, 15) is 14.0 Å². The van der Waals surface area contributed by atoms with Crippen molar-refractivity contribution in [2.24, 2.45) is 5.10 Å². The Hall–Kier alpha value is -2.93. The lowest BCUT2D eigenvalue weighted by Gasteiger charge is -2.09. The van der Waals surface area contributed by atoms with Crippen LogP contribution in [0.2, 0.25) is 5.02 Å². The van der Waals surface area contributed by atoms with Gasteiger partial charge in [-0.3, -0.25) is 9.59 Å². The first-order valence-corrected chi connectivity index (χ1v) is 8.70. The molecule has 1 aliphatic rings. The minimum absolute atomic E-state index is 0.0895. The van der Waals surface area contributed by atoms with Crippen molar-refractivity contribution < 1.29 is 18.7 Å². The summed E-state index contributed by atoms with van der Waals surface area (Å²) < 4.78 is 18.7. The van der Waals surface area contributed by atoms with Crippen LogP contribution >= 0.6 is 11.6 Å². The molecule has 6 nitrogen and oxygen atoms in total. The van der Waals surface area contributed by atoms with Gasteiger partial charge in [0.2, 0.25) is 0 Å². The molecule has 2 amide bonds. The van der Waals surface area contributed by atoms with Gasteiger partial charge >= 0.3 is 11.8 Å². The van der Waals surface area contributed by atoms with Gasteiger partial charge in [-0.05, 0) is 48.7 Å². The number of benzene rings is 2. The van der Waals surface area contributed by atoms with E-state index in [1.165, 1.54) is 18.3 Å². The van der Waals surface area contributed by atoms with Crippen LogP contribution in [0.4, 0.5) is 4.39 Å². The molecule has 2 aromatic rings. The first-order valence-electron chi connectivity index (χ1n) is 8.32. The van der Waals surface area contributed by atoms with Gasteiger partial charge in [-0.15, -0.1) is 0 Å². The number of nitrogens with zero attached hydrogens (tertiary/aromatic N) is 1. The van der Waals surface area contributed by atoms with Crippen LogP contribution in [-0.2, 0) is 16.2 Å². The largest absolute Gasteiger partial charge is 0.488 e. The lowest BCUT2D eigenvalue weighted by Crippen LogP contribution is -2.38. The molecule has 2 N–H and O–H groups in total. The SMILES string of the molecule is O=C(N/N=C\c1cc(Cl)ccc1OCc1ccc(F)cc1)C(=O)NC1CC1. The van der Waals surface area contributed by atoms with Gasteiger partial charge < -0.3 is 10.1 Å². The van der Waals surface area contributed by atoms with Crippen molar-refractivity contribution in [2.75, 3.05) is 0 Å². The quantitative estimate of drug-likeness (QED) is 0.453. The second kappa shape index (κ2) is 8.64. The summed E-state index contributed by atoms with van der Waals surface area (Å²) in [5.41, 5.74) is 3.48. The van der Waals surface area contributed by atoms with Gasteiger partial charge in [0.25, 0.3) is 0 Å². The molecule has 3 rings (SSSR count). The molecule has 0 heterocycles. The molecule has 1 aliphatic carbocycles. The molecule has 0 aromatic heterocycles. The Morgan fingerprint density at radius 2 is 1.93 bits per heavy atom. The summed E-state index contributed by atoms with van der Waals surface area (Å²) in [5, 5.41) is 6.81. The zero-order chi connectivity index (χ0) is 19.2. The maximum Gasteiger partial charge on any atom is 0.329 e. The van der Waals surface area contributed by atoms with Gasteiger partial charge in [-0.2, -0.15) is 5.10 Å². The van der Waals surface area contributed by atoms with Crippen molar-refractivity contribution in [3.63, 3.8) is 0 Å². The molecule has 8 heteroatoms. The van der Waals surface area contributed by atoms with Crippen molar-refractivity contribution in [3.8, 4) is 5.75 Å². The number of ether oxygens (including phenoxy) is 1. The molecule has 0 bridgehead atoms. The molecule has 1 fully saturated rings. The highest BCUT2D eigenvalue weighted by Gasteiger charge is 2.26. The zero-order valence-electron chi connectivity index (χ0n) is 14.2. The van der Waals surface area contributed by atoms with E-state index in [4.69, 9.17) is 16.3 Å². The monoisotopic (exact) mass is 389 g/mol. The summed E-state index contributed by atoms with van der Waals surface area (Å²) in [5.74, 6) is -1.40. The van der Waals surface area contributed by atoms with Crippen LogP contribution in [0.3, 0.4) is 0 Å². The third-order valence-electron chi connectivity index (χ3n) is 3.77. The van der Waals surface area contributed by atoms with Crippen LogP contribution < -0.4 is 15.5 Å². The summed E-state index contributed by atoms with van der Waals surface area (Å²) in [6.45, 7) is 0.221. The standard InChI is InChI=1S/C19H17ClFN3O3/c20-14-3-8-17(27-11-12-1-4-15(21)5-2-12)13(9-14)10-22-24-19(26)18(25)23-16-6-7-16/h1-5,8-10,16H,6-7,11H2,(H,23,25)(H,24,26)/b22-10-. The third-order valence-corrected chi connectivity index (χ3v) is 4.00. The van der Waals surface area contributed by atoms with E-state index in [1.807, 2.05) is 0 Å². The van der Waals surface area contributed by atoms with Gasteiger partial charge in [0.15, 0.2) is 0 Å². The molecule has 0 unspecified atom stereocenters. The van der Waals surface area contributed by atoms with E-state index in [2.05, 4.69) is 15.8 Å². The molecule has 1 saturated carbocycles. The lowest BCUT2D eigenvalue weighted by atomic mass is 10.2. The zero-order valence-corrected chi connectivity index (χ0v) is 15.0. The van der Waals surface area contributed by atoms with Crippen LogP contribution in [0.15, 0.2) is 47.6 Å². The maximum atomic E-state index is 13.0. The molecule has 27 heavy (non-hydrogen) atoms. The molecule has 0 radical (unpaired) electrons. The number of carbonyl (C=O) groups is 2. The molecule has 0 saturated heterocycles. The molecule has 0 spiro atoms. The first kappa shape index (κ1) is 18.8. The van der Waals surface area contributed by atoms with Gasteiger partial charge in [0, 0.05) is 16.6 Å². The molecule has 0 aliphatic heterocycles. The number of hydrazone groups is 1. The predicted octanol–water partition coefficient (Wildman–Crippen LogP) is 2.79. The highest BCUT2D eigenvalue weighted by molar-refractivity contribution is 6.35. The van der Waals surface area contributed by atoms with Crippen LogP contribution in [0.5, 0.6) is 5.75 Å². The highest BCUT2D eigenvalue weighted by Crippen LogP contribution is 2.22. The number of halogens is 2. The van der Waals surface area contributed by atoms with Gasteiger partial charge in [-0.25, -0.2) is 9.82 Å². The third kappa shape index (κ3) is 5.79. The van der Waals surface area contributed by atoms with E-state index < -0.39 is 11.8 Å². The predicted molar refractivity (Wildman–Crippen MR) is 99.1 cm³/mol. The van der Waals surface area contributed by atoms with Crippen molar-refractivity contribution in [1.29, 1.82) is 0 Å². The lowest BCUT2D eigenvalue weighted by molar-refractivity contribution is -0.139. The fourth-order valence-electron chi connectivity index (χ4n) is 2.18. The summed E-state index contributed by atoms with van der Waals surface area (Å²) in [6.07, 6.45) is 3.12. The Kier molecular flexibility index (Phi) is 6.03. The average molecular weight is 390 g/mol. The van der Waals surface area contributed by atoms with E-state index >= 15 is 0 Å². The van der Waals surface area contributed by atoms with Crippen molar-refractivity contribution in [3.05, 3.63) is 64.4 Å². The van der Waals surface area contributed by atoms with Gasteiger partial charge in [-0.1, -0.05) is 23.7 Å². The average Bonchev–Trinajstić information content (AvgIpc) is 3.46. The fourth-order valence-corrected chi connectivity index (χ4v) is 2.36. The van der Waals surface area contributed by atoms with E-state index in [-0.39, 0.29) is 18.5 Å². The fraction of sp³-hybridized carbons (Fsp3) is 0.211. The van der Waals surface area contributed by atoms with Crippen LogP contribution in [0, 0.1) is 5.82 Å². The summed E-state index contributed by atoms with van der Waals surface area (Å²) >= 11 is 6.00. The minimum atomic E-state index is -0.839. The second-order valence-electron chi connectivity index (χ2n) is 6.04. The molecular formula is C19H17ClFN3O3. The van der Waals surface area contributed by atoms with Crippen LogP contribution in [0.25, 0.3) is 0 Å². The highest BCUT2D eigenvalue weighted by atomic mass is 35.5. The Morgan fingerprint density at radius 1 is 1.19 bits per heavy atom. The summed E-state index contributed by atoms with van der Waals surface area (Å²) in [4.78, 5) is 23.2. The van der Waals surface area contributed by atoms with Gasteiger partial charge in [0.1, 0.15) is 18.2 Å². The minimum Gasteiger partial charge on any atom is -0.488 e. The molecule has 0 atom stereocenters. The maximum absolute atomic E-state index is 13.0. The molecule has 2 aromatic carbocycles. The smallest absolute Gasteiger partial charge is 0.329 e. The van der Waals surface area contributed by atoms with Crippen molar-refractivity contribution in [1.82, 2.24) is 10.7 Å². The Bertz CT molecular complexity index is 867. The topological polar surface area (TPSA) is 79.8 Å². The van der Waals surface area contributed by atoms with Crippen molar-refractivity contribution in [2.45, 2.75) is 25.5 Å². The normalized spacial score (nSPS) is 13.4. The number of amides is 2. The van der Waals surface area contributed by atoms with E-state index in [1.54, 1.807) is 30.3 Å². The number of nitrogens with one attached hydrogen (secondary N) is 2. The van der Waals surface area contributed by atoms with Gasteiger partial charge in [0.05, 0.1) is 6.21 Å². The summed E-state index contributed by atoms with van der Waals surface area (Å²) in [6, 6.07) is 11.0. The molecular weight excluding hydrogens is 373 g/mol. The second-order valence-corrected chi connectivity index (χ2v) is 6.48. The number of rotatable bonds is 6. The Morgan fingerprint density at radius 3 is 2.63 bits per heavy atom. The number of hydrogen-bond donors (Lipinski definition) is 2. The number of carbonyl (C=O) groups excluding carboxylic acids is 2. The number of hydrogen-bond acceptors (Lipinski definition) is 4. The van der Waals surface area contributed by atoms with E-state index in [0.29, 0.717) is 16.3 Å². The van der Waals surface area contributed by atoms with Crippen LogP contribution in [0.1, 0.15) is 24.0 Å². The Balaban J connectivity index is 1.61. The first-order chi connectivity index (χ1) is 13.0. The van der Waals surface area contributed by atoms with Crippen LogP contribution in [-0.4, -0.2) is 24.1 Å².